The van der Waals surface area contributed by atoms with Gasteiger partial charge in [-0.1, -0.05) is 43.2 Å². The van der Waals surface area contributed by atoms with Gasteiger partial charge in [0, 0.05) is 6.20 Å². The van der Waals surface area contributed by atoms with Gasteiger partial charge >= 0.3 is 0 Å². The van der Waals surface area contributed by atoms with E-state index in [4.69, 9.17) is 11.6 Å². The Morgan fingerprint density at radius 2 is 1.79 bits per heavy atom. The molecule has 0 N–H and O–H groups in total. The lowest BCUT2D eigenvalue weighted by molar-refractivity contribution is 0.497. The molecule has 1 fully saturated rings. The second kappa shape index (κ2) is 5.30. The Labute approximate surface area is 118 Å². The lowest BCUT2D eigenvalue weighted by Gasteiger charge is -2.28. The molecule has 0 radical (unpaired) electrons. The average molecular weight is 273 g/mol. The first-order chi connectivity index (χ1) is 9.35. The normalized spacial score (nSPS) is 17.5. The second-order valence-electron chi connectivity index (χ2n) is 5.16. The molecule has 0 saturated heterocycles. The molecule has 0 spiro atoms. The molecule has 1 aliphatic carbocycles. The van der Waals surface area contributed by atoms with Crippen LogP contribution >= 0.6 is 11.6 Å². The zero-order valence-electron chi connectivity index (χ0n) is 10.8. The molecule has 1 aromatic heterocycles. The molecule has 19 heavy (non-hydrogen) atoms. The van der Waals surface area contributed by atoms with Crippen LogP contribution in [0, 0.1) is 0 Å². The zero-order chi connectivity index (χ0) is 13.1. The van der Waals surface area contributed by atoms with Gasteiger partial charge in [-0.25, -0.2) is 9.97 Å². The largest absolute Gasteiger partial charge is 0.240 e. The molecular formula is C16H17ClN2. The van der Waals surface area contributed by atoms with Crippen molar-refractivity contribution >= 4 is 11.6 Å². The van der Waals surface area contributed by atoms with Crippen LogP contribution in [0.5, 0.6) is 0 Å². The Bertz CT molecular complexity index is 548. The van der Waals surface area contributed by atoms with Crippen molar-refractivity contribution in [3.63, 3.8) is 0 Å². The van der Waals surface area contributed by atoms with Crippen molar-refractivity contribution in [3.05, 3.63) is 59.7 Å². The standard InChI is InChI=1S/C16H17ClN2/c17-12-14-8-11-18-15(19-14)16(9-4-5-10-16)13-6-2-1-3-7-13/h1-3,6-8,11H,4-5,9-10,12H2. The summed E-state index contributed by atoms with van der Waals surface area (Å²) in [6.45, 7) is 0. The van der Waals surface area contributed by atoms with Gasteiger partial charge in [-0.3, -0.25) is 0 Å². The van der Waals surface area contributed by atoms with Gasteiger partial charge in [-0.15, -0.1) is 11.6 Å². The minimum absolute atomic E-state index is 0.0106. The number of halogens is 1. The van der Waals surface area contributed by atoms with Gasteiger partial charge in [0.15, 0.2) is 0 Å². The molecule has 0 unspecified atom stereocenters. The van der Waals surface area contributed by atoms with Crippen LogP contribution in [0.3, 0.4) is 0 Å². The number of aromatic nitrogens is 2. The van der Waals surface area contributed by atoms with E-state index in [-0.39, 0.29) is 5.41 Å². The molecule has 1 saturated carbocycles. The molecule has 0 aliphatic heterocycles. The highest BCUT2D eigenvalue weighted by atomic mass is 35.5. The molecule has 1 aromatic carbocycles. The van der Waals surface area contributed by atoms with Crippen molar-refractivity contribution in [1.82, 2.24) is 9.97 Å². The van der Waals surface area contributed by atoms with E-state index in [1.165, 1.54) is 18.4 Å². The average Bonchev–Trinajstić information content (AvgIpc) is 2.99. The number of alkyl halides is 1. The maximum Gasteiger partial charge on any atom is 0.139 e. The van der Waals surface area contributed by atoms with Gasteiger partial charge in [0.25, 0.3) is 0 Å². The summed E-state index contributed by atoms with van der Waals surface area (Å²) < 4.78 is 0. The molecular weight excluding hydrogens is 256 g/mol. The van der Waals surface area contributed by atoms with Gasteiger partial charge in [0.1, 0.15) is 5.82 Å². The molecule has 2 nitrogen and oxygen atoms in total. The smallest absolute Gasteiger partial charge is 0.139 e. The maximum atomic E-state index is 5.91. The number of nitrogens with zero attached hydrogens (tertiary/aromatic N) is 2. The molecule has 0 atom stereocenters. The third kappa shape index (κ3) is 2.25. The maximum absolute atomic E-state index is 5.91. The van der Waals surface area contributed by atoms with E-state index in [9.17, 15) is 0 Å². The van der Waals surface area contributed by atoms with E-state index in [1.807, 2.05) is 12.3 Å². The monoisotopic (exact) mass is 272 g/mol. The van der Waals surface area contributed by atoms with Crippen LogP contribution in [0.1, 0.15) is 42.8 Å². The zero-order valence-corrected chi connectivity index (χ0v) is 11.6. The minimum atomic E-state index is -0.0106. The topological polar surface area (TPSA) is 25.8 Å². The quantitative estimate of drug-likeness (QED) is 0.787. The fraction of sp³-hybridized carbons (Fsp3) is 0.375. The highest BCUT2D eigenvalue weighted by molar-refractivity contribution is 6.16. The summed E-state index contributed by atoms with van der Waals surface area (Å²) in [5, 5.41) is 0. The lowest BCUT2D eigenvalue weighted by atomic mass is 9.78. The van der Waals surface area contributed by atoms with Crippen LogP contribution in [0.15, 0.2) is 42.6 Å². The number of hydrogen-bond donors (Lipinski definition) is 0. The van der Waals surface area contributed by atoms with Crippen molar-refractivity contribution in [3.8, 4) is 0 Å². The second-order valence-corrected chi connectivity index (χ2v) is 5.43. The predicted molar refractivity (Wildman–Crippen MR) is 77.3 cm³/mol. The fourth-order valence-electron chi connectivity index (χ4n) is 3.08. The Kier molecular flexibility index (Phi) is 3.52. The molecule has 3 heteroatoms. The van der Waals surface area contributed by atoms with E-state index in [2.05, 4.69) is 40.3 Å². The Hall–Kier alpha value is -1.41. The van der Waals surface area contributed by atoms with Crippen LogP contribution in [-0.4, -0.2) is 9.97 Å². The summed E-state index contributed by atoms with van der Waals surface area (Å²) in [4.78, 5) is 9.23. The predicted octanol–water partition coefficient (Wildman–Crippen LogP) is 4.08. The molecule has 98 valence electrons. The van der Waals surface area contributed by atoms with E-state index in [0.29, 0.717) is 5.88 Å². The summed E-state index contributed by atoms with van der Waals surface area (Å²) in [5.74, 6) is 1.38. The van der Waals surface area contributed by atoms with E-state index >= 15 is 0 Å². The first kappa shape index (κ1) is 12.6. The third-order valence-corrected chi connectivity index (χ3v) is 4.34. The summed E-state index contributed by atoms with van der Waals surface area (Å²) in [6, 6.07) is 12.5. The first-order valence-corrected chi connectivity index (χ1v) is 7.32. The fourth-order valence-corrected chi connectivity index (χ4v) is 3.23. The van der Waals surface area contributed by atoms with Crippen molar-refractivity contribution in [2.75, 3.05) is 0 Å². The van der Waals surface area contributed by atoms with E-state index < -0.39 is 0 Å². The highest BCUT2D eigenvalue weighted by Crippen LogP contribution is 2.44. The third-order valence-electron chi connectivity index (χ3n) is 4.06. The van der Waals surface area contributed by atoms with Gasteiger partial charge in [-0.05, 0) is 24.5 Å². The number of rotatable bonds is 3. The van der Waals surface area contributed by atoms with Gasteiger partial charge in [-0.2, -0.15) is 0 Å². The molecule has 1 heterocycles. The van der Waals surface area contributed by atoms with Gasteiger partial charge < -0.3 is 0 Å². The Balaban J connectivity index is 2.10. The SMILES string of the molecule is ClCc1ccnc(C2(c3ccccc3)CCCC2)n1. The van der Waals surface area contributed by atoms with Crippen molar-refractivity contribution < 1.29 is 0 Å². The molecule has 2 aromatic rings. The van der Waals surface area contributed by atoms with Gasteiger partial charge in [0.2, 0.25) is 0 Å². The van der Waals surface area contributed by atoms with Crippen LogP contribution in [-0.2, 0) is 11.3 Å². The molecule has 3 rings (SSSR count). The number of hydrogen-bond acceptors (Lipinski definition) is 2. The summed E-state index contributed by atoms with van der Waals surface area (Å²) in [6.07, 6.45) is 6.57. The van der Waals surface area contributed by atoms with Crippen molar-refractivity contribution in [2.45, 2.75) is 37.0 Å². The van der Waals surface area contributed by atoms with Crippen LogP contribution < -0.4 is 0 Å². The van der Waals surface area contributed by atoms with Crippen LogP contribution in [0.25, 0.3) is 0 Å². The number of benzene rings is 1. The summed E-state index contributed by atoms with van der Waals surface area (Å²) in [5.41, 5.74) is 2.23. The molecule has 1 aliphatic rings. The summed E-state index contributed by atoms with van der Waals surface area (Å²) >= 11 is 5.91. The van der Waals surface area contributed by atoms with Crippen LogP contribution in [0.2, 0.25) is 0 Å². The van der Waals surface area contributed by atoms with Crippen molar-refractivity contribution in [2.24, 2.45) is 0 Å². The van der Waals surface area contributed by atoms with Crippen LogP contribution in [0.4, 0.5) is 0 Å². The highest BCUT2D eigenvalue weighted by Gasteiger charge is 2.39. The summed E-state index contributed by atoms with van der Waals surface area (Å²) in [7, 11) is 0. The van der Waals surface area contributed by atoms with Gasteiger partial charge in [0.05, 0.1) is 17.0 Å². The van der Waals surface area contributed by atoms with E-state index in [1.54, 1.807) is 0 Å². The molecule has 0 bridgehead atoms. The van der Waals surface area contributed by atoms with E-state index in [0.717, 1.165) is 24.4 Å². The first-order valence-electron chi connectivity index (χ1n) is 6.79. The molecule has 0 amide bonds. The Morgan fingerprint density at radius 1 is 1.05 bits per heavy atom. The Morgan fingerprint density at radius 3 is 2.47 bits per heavy atom. The van der Waals surface area contributed by atoms with Crippen molar-refractivity contribution in [1.29, 1.82) is 0 Å². The minimum Gasteiger partial charge on any atom is -0.240 e. The lowest BCUT2D eigenvalue weighted by Crippen LogP contribution is -2.27.